The van der Waals surface area contributed by atoms with Crippen LogP contribution in [0.1, 0.15) is 21.5 Å². The van der Waals surface area contributed by atoms with Gasteiger partial charge in [0.15, 0.2) is 0 Å². The fraction of sp³-hybridized carbons (Fsp3) is 0.143. The molecule has 3 nitrogen and oxygen atoms in total. The molecule has 0 saturated heterocycles. The van der Waals surface area contributed by atoms with Crippen LogP contribution in [0.15, 0.2) is 41.1 Å². The van der Waals surface area contributed by atoms with E-state index in [4.69, 9.17) is 0 Å². The predicted octanol–water partition coefficient (Wildman–Crippen LogP) is 3.71. The Morgan fingerprint density at radius 1 is 1.28 bits per heavy atom. The zero-order chi connectivity index (χ0) is 13.1. The van der Waals surface area contributed by atoms with Crippen molar-refractivity contribution in [1.29, 1.82) is 0 Å². The van der Waals surface area contributed by atoms with Gasteiger partial charge >= 0.3 is 0 Å². The van der Waals surface area contributed by atoms with E-state index in [0.717, 1.165) is 21.3 Å². The summed E-state index contributed by atoms with van der Waals surface area (Å²) >= 11 is 3.44. The van der Waals surface area contributed by atoms with Crippen LogP contribution in [0.2, 0.25) is 0 Å². The second kappa shape index (κ2) is 5.31. The average Bonchev–Trinajstić information content (AvgIpc) is 2.33. The van der Waals surface area contributed by atoms with Crippen molar-refractivity contribution in [2.45, 2.75) is 13.8 Å². The van der Waals surface area contributed by atoms with Crippen molar-refractivity contribution in [3.63, 3.8) is 0 Å². The van der Waals surface area contributed by atoms with Crippen LogP contribution < -0.4 is 5.32 Å². The number of hydrogen-bond acceptors (Lipinski definition) is 2. The summed E-state index contributed by atoms with van der Waals surface area (Å²) in [5, 5.41) is 2.87. The fourth-order valence-corrected chi connectivity index (χ4v) is 2.21. The van der Waals surface area contributed by atoms with Gasteiger partial charge in [0.2, 0.25) is 0 Å². The second-order valence-electron chi connectivity index (χ2n) is 4.13. The average molecular weight is 305 g/mol. The number of pyridine rings is 1. The molecule has 0 radical (unpaired) electrons. The number of halogens is 1. The number of anilines is 1. The first-order valence-electron chi connectivity index (χ1n) is 5.56. The minimum Gasteiger partial charge on any atom is -0.321 e. The summed E-state index contributed by atoms with van der Waals surface area (Å²) < 4.78 is 0.873. The standard InChI is InChI=1S/C14H13BrN2O/c1-9-3-4-13(12(15)7-9)17-14(18)11-8-16-6-5-10(11)2/h3-8H,1-2H3,(H,17,18). The van der Waals surface area contributed by atoms with Gasteiger partial charge in [-0.15, -0.1) is 0 Å². The Balaban J connectivity index is 2.24. The summed E-state index contributed by atoms with van der Waals surface area (Å²) in [6.07, 6.45) is 3.25. The Hall–Kier alpha value is -1.68. The van der Waals surface area contributed by atoms with Gasteiger partial charge < -0.3 is 5.32 Å². The molecule has 1 N–H and O–H groups in total. The number of amides is 1. The first-order valence-corrected chi connectivity index (χ1v) is 6.35. The van der Waals surface area contributed by atoms with Gasteiger partial charge in [-0.3, -0.25) is 9.78 Å². The van der Waals surface area contributed by atoms with Crippen molar-refractivity contribution in [3.05, 3.63) is 57.8 Å². The highest BCUT2D eigenvalue weighted by Crippen LogP contribution is 2.24. The van der Waals surface area contributed by atoms with Gasteiger partial charge in [-0.2, -0.15) is 0 Å². The number of benzene rings is 1. The molecule has 0 fully saturated rings. The molecule has 1 amide bonds. The summed E-state index contributed by atoms with van der Waals surface area (Å²) in [7, 11) is 0. The lowest BCUT2D eigenvalue weighted by Gasteiger charge is -2.09. The Kier molecular flexibility index (Phi) is 3.77. The van der Waals surface area contributed by atoms with Gasteiger partial charge in [0.25, 0.3) is 5.91 Å². The van der Waals surface area contributed by atoms with Gasteiger partial charge in [0.05, 0.1) is 11.3 Å². The molecule has 0 saturated carbocycles. The normalized spacial score (nSPS) is 10.2. The molecule has 0 aliphatic heterocycles. The largest absolute Gasteiger partial charge is 0.321 e. The maximum absolute atomic E-state index is 12.1. The van der Waals surface area contributed by atoms with Crippen molar-refractivity contribution >= 4 is 27.5 Å². The van der Waals surface area contributed by atoms with E-state index in [1.165, 1.54) is 0 Å². The first-order chi connectivity index (χ1) is 8.58. The second-order valence-corrected chi connectivity index (χ2v) is 4.98. The third-order valence-corrected chi connectivity index (χ3v) is 3.31. The SMILES string of the molecule is Cc1ccc(NC(=O)c2cnccc2C)c(Br)c1. The Morgan fingerprint density at radius 3 is 2.72 bits per heavy atom. The highest BCUT2D eigenvalue weighted by Gasteiger charge is 2.10. The predicted molar refractivity (Wildman–Crippen MR) is 75.8 cm³/mol. The van der Waals surface area contributed by atoms with Crippen LogP contribution in [0.3, 0.4) is 0 Å². The van der Waals surface area contributed by atoms with Crippen LogP contribution in [0.5, 0.6) is 0 Å². The van der Waals surface area contributed by atoms with Crippen LogP contribution in [0.25, 0.3) is 0 Å². The van der Waals surface area contributed by atoms with Gasteiger partial charge in [-0.1, -0.05) is 6.07 Å². The topological polar surface area (TPSA) is 42.0 Å². The lowest BCUT2D eigenvalue weighted by molar-refractivity contribution is 0.102. The number of nitrogens with one attached hydrogen (secondary N) is 1. The molecule has 2 aromatic rings. The van der Waals surface area contributed by atoms with Gasteiger partial charge in [0, 0.05) is 16.9 Å². The van der Waals surface area contributed by atoms with Crippen LogP contribution in [-0.2, 0) is 0 Å². The van der Waals surface area contributed by atoms with E-state index in [1.54, 1.807) is 12.4 Å². The number of rotatable bonds is 2. The molecule has 4 heteroatoms. The summed E-state index contributed by atoms with van der Waals surface area (Å²) in [5.41, 5.74) is 3.39. The Bertz CT molecular complexity index is 596. The van der Waals surface area contributed by atoms with Crippen molar-refractivity contribution in [2.75, 3.05) is 5.32 Å². The number of hydrogen-bond donors (Lipinski definition) is 1. The lowest BCUT2D eigenvalue weighted by Crippen LogP contribution is -2.14. The molecule has 0 spiro atoms. The highest BCUT2D eigenvalue weighted by molar-refractivity contribution is 9.10. The summed E-state index contributed by atoms with van der Waals surface area (Å²) in [6.45, 7) is 3.89. The zero-order valence-electron chi connectivity index (χ0n) is 10.2. The van der Waals surface area contributed by atoms with E-state index in [0.29, 0.717) is 5.56 Å². The Labute approximate surface area is 114 Å². The smallest absolute Gasteiger partial charge is 0.257 e. The van der Waals surface area contributed by atoms with E-state index in [2.05, 4.69) is 26.2 Å². The molecule has 1 aromatic heterocycles. The third-order valence-electron chi connectivity index (χ3n) is 2.66. The molecular weight excluding hydrogens is 292 g/mol. The first kappa shape index (κ1) is 12.8. The van der Waals surface area contributed by atoms with E-state index in [-0.39, 0.29) is 5.91 Å². The summed E-state index contributed by atoms with van der Waals surface area (Å²) in [4.78, 5) is 16.1. The molecule has 1 aromatic carbocycles. The van der Waals surface area contributed by atoms with E-state index >= 15 is 0 Å². The van der Waals surface area contributed by atoms with E-state index in [9.17, 15) is 4.79 Å². The highest BCUT2D eigenvalue weighted by atomic mass is 79.9. The molecule has 0 bridgehead atoms. The van der Waals surface area contributed by atoms with Gasteiger partial charge in [-0.05, 0) is 59.1 Å². The molecule has 0 aliphatic rings. The van der Waals surface area contributed by atoms with Crippen molar-refractivity contribution in [3.8, 4) is 0 Å². The van der Waals surface area contributed by atoms with Gasteiger partial charge in [-0.25, -0.2) is 0 Å². The zero-order valence-corrected chi connectivity index (χ0v) is 11.8. The molecular formula is C14H13BrN2O. The molecule has 92 valence electrons. The number of nitrogens with zero attached hydrogens (tertiary/aromatic N) is 1. The number of aromatic nitrogens is 1. The molecule has 0 aliphatic carbocycles. The summed E-state index contributed by atoms with van der Waals surface area (Å²) in [6, 6.07) is 7.62. The minimum atomic E-state index is -0.148. The molecule has 0 atom stereocenters. The van der Waals surface area contributed by atoms with Crippen LogP contribution >= 0.6 is 15.9 Å². The van der Waals surface area contributed by atoms with Crippen LogP contribution in [0, 0.1) is 13.8 Å². The summed E-state index contributed by atoms with van der Waals surface area (Å²) in [5.74, 6) is -0.148. The van der Waals surface area contributed by atoms with Crippen molar-refractivity contribution < 1.29 is 4.79 Å². The van der Waals surface area contributed by atoms with E-state index < -0.39 is 0 Å². The quantitative estimate of drug-likeness (QED) is 0.919. The molecule has 18 heavy (non-hydrogen) atoms. The van der Waals surface area contributed by atoms with Gasteiger partial charge in [0.1, 0.15) is 0 Å². The number of carbonyl (C=O) groups excluding carboxylic acids is 1. The fourth-order valence-electron chi connectivity index (χ4n) is 1.61. The molecule has 2 rings (SSSR count). The number of carbonyl (C=O) groups is 1. The molecule has 1 heterocycles. The number of aryl methyl sites for hydroxylation is 2. The van der Waals surface area contributed by atoms with E-state index in [1.807, 2.05) is 38.1 Å². The minimum absolute atomic E-state index is 0.148. The van der Waals surface area contributed by atoms with Crippen molar-refractivity contribution in [2.24, 2.45) is 0 Å². The molecule has 0 unspecified atom stereocenters. The van der Waals surface area contributed by atoms with Crippen LogP contribution in [0.4, 0.5) is 5.69 Å². The lowest BCUT2D eigenvalue weighted by atomic mass is 10.1. The monoisotopic (exact) mass is 304 g/mol. The Morgan fingerprint density at radius 2 is 2.06 bits per heavy atom. The maximum atomic E-state index is 12.1. The maximum Gasteiger partial charge on any atom is 0.257 e. The van der Waals surface area contributed by atoms with Crippen molar-refractivity contribution in [1.82, 2.24) is 4.98 Å². The van der Waals surface area contributed by atoms with Crippen LogP contribution in [-0.4, -0.2) is 10.9 Å². The third kappa shape index (κ3) is 2.76.